The van der Waals surface area contributed by atoms with Crippen LogP contribution in [0.4, 0.5) is 0 Å². The molecule has 25 heavy (non-hydrogen) atoms. The molecule has 1 amide bonds. The van der Waals surface area contributed by atoms with Crippen molar-refractivity contribution < 1.29 is 4.79 Å². The van der Waals surface area contributed by atoms with Gasteiger partial charge >= 0.3 is 0 Å². The van der Waals surface area contributed by atoms with Crippen LogP contribution in [-0.2, 0) is 0 Å². The zero-order chi connectivity index (χ0) is 17.8. The minimum atomic E-state index is -0.259. The zero-order valence-electron chi connectivity index (χ0n) is 14.0. The molecule has 0 aliphatic heterocycles. The van der Waals surface area contributed by atoms with Gasteiger partial charge in [-0.2, -0.15) is 5.10 Å². The molecular weight excluding hydrogens is 334 g/mol. The van der Waals surface area contributed by atoms with Crippen LogP contribution in [0, 0.1) is 13.8 Å². The van der Waals surface area contributed by atoms with Crippen LogP contribution < -0.4 is 5.43 Å². The number of amides is 1. The van der Waals surface area contributed by atoms with Crippen molar-refractivity contribution in [1.29, 1.82) is 0 Å². The molecule has 0 spiro atoms. The van der Waals surface area contributed by atoms with Gasteiger partial charge in [0.25, 0.3) is 5.91 Å². The number of rotatable bonds is 4. The van der Waals surface area contributed by atoms with Crippen LogP contribution in [0.2, 0.25) is 5.02 Å². The second kappa shape index (κ2) is 7.36. The Hall–Kier alpha value is -2.85. The van der Waals surface area contributed by atoms with Crippen LogP contribution in [0.15, 0.2) is 65.8 Å². The number of carbonyl (C=O) groups is 1. The van der Waals surface area contributed by atoms with Gasteiger partial charge in [-0.1, -0.05) is 23.7 Å². The first-order chi connectivity index (χ1) is 12.0. The Morgan fingerprint density at radius 1 is 1.04 bits per heavy atom. The lowest BCUT2D eigenvalue weighted by Crippen LogP contribution is -2.17. The van der Waals surface area contributed by atoms with E-state index < -0.39 is 0 Å². The molecule has 0 radical (unpaired) electrons. The molecular formula is C20H18ClN3O. The van der Waals surface area contributed by atoms with Gasteiger partial charge in [-0.15, -0.1) is 0 Å². The Morgan fingerprint density at radius 3 is 2.36 bits per heavy atom. The molecule has 3 aromatic rings. The van der Waals surface area contributed by atoms with Crippen molar-refractivity contribution in [3.8, 4) is 5.69 Å². The first-order valence-corrected chi connectivity index (χ1v) is 8.27. The highest BCUT2D eigenvalue weighted by atomic mass is 35.5. The second-order valence-electron chi connectivity index (χ2n) is 5.75. The lowest BCUT2D eigenvalue weighted by molar-refractivity contribution is 0.0955. The fraction of sp³-hybridized carbons (Fsp3) is 0.100. The van der Waals surface area contributed by atoms with E-state index in [9.17, 15) is 4.79 Å². The monoisotopic (exact) mass is 351 g/mol. The summed E-state index contributed by atoms with van der Waals surface area (Å²) in [6, 6.07) is 18.8. The molecule has 0 bridgehead atoms. The number of halogens is 1. The Labute approximate surface area is 151 Å². The van der Waals surface area contributed by atoms with E-state index in [1.807, 2.05) is 24.3 Å². The van der Waals surface area contributed by atoms with E-state index >= 15 is 0 Å². The molecule has 0 atom stereocenters. The Kier molecular flexibility index (Phi) is 5.00. The summed E-state index contributed by atoms with van der Waals surface area (Å²) in [6.07, 6.45) is 1.56. The van der Waals surface area contributed by atoms with Crippen molar-refractivity contribution in [3.63, 3.8) is 0 Å². The van der Waals surface area contributed by atoms with Crippen LogP contribution in [0.3, 0.4) is 0 Å². The number of hydrazone groups is 1. The number of aromatic nitrogens is 1. The van der Waals surface area contributed by atoms with E-state index in [0.29, 0.717) is 10.6 Å². The third-order valence-electron chi connectivity index (χ3n) is 3.89. The minimum Gasteiger partial charge on any atom is -0.319 e. The summed E-state index contributed by atoms with van der Waals surface area (Å²) in [4.78, 5) is 12.2. The third kappa shape index (κ3) is 3.98. The molecule has 0 saturated heterocycles. The van der Waals surface area contributed by atoms with Gasteiger partial charge < -0.3 is 4.57 Å². The maximum atomic E-state index is 12.2. The number of aryl methyl sites for hydroxylation is 2. The van der Waals surface area contributed by atoms with Gasteiger partial charge in [-0.3, -0.25) is 4.79 Å². The van der Waals surface area contributed by atoms with E-state index in [1.54, 1.807) is 30.5 Å². The van der Waals surface area contributed by atoms with Crippen molar-refractivity contribution in [2.75, 3.05) is 0 Å². The molecule has 0 aliphatic carbocycles. The van der Waals surface area contributed by atoms with E-state index in [-0.39, 0.29) is 5.91 Å². The van der Waals surface area contributed by atoms with Crippen LogP contribution in [0.5, 0.6) is 0 Å². The lowest BCUT2D eigenvalue weighted by Gasteiger charge is -2.10. The highest BCUT2D eigenvalue weighted by Gasteiger charge is 2.07. The van der Waals surface area contributed by atoms with Crippen molar-refractivity contribution >= 4 is 23.7 Å². The Morgan fingerprint density at radius 2 is 1.72 bits per heavy atom. The first kappa shape index (κ1) is 17.0. The van der Waals surface area contributed by atoms with Gasteiger partial charge in [0.2, 0.25) is 0 Å². The van der Waals surface area contributed by atoms with E-state index in [1.165, 1.54) is 0 Å². The van der Waals surface area contributed by atoms with Crippen LogP contribution in [-0.4, -0.2) is 16.7 Å². The molecule has 0 fully saturated rings. The summed E-state index contributed by atoms with van der Waals surface area (Å²) in [5, 5.41) is 4.60. The van der Waals surface area contributed by atoms with Crippen LogP contribution >= 0.6 is 11.6 Å². The molecule has 0 saturated carbocycles. The summed E-state index contributed by atoms with van der Waals surface area (Å²) in [7, 11) is 0. The van der Waals surface area contributed by atoms with Crippen LogP contribution in [0.25, 0.3) is 5.69 Å². The molecule has 5 heteroatoms. The fourth-order valence-electron chi connectivity index (χ4n) is 2.65. The molecule has 126 valence electrons. The van der Waals surface area contributed by atoms with Crippen molar-refractivity contribution in [1.82, 2.24) is 9.99 Å². The van der Waals surface area contributed by atoms with E-state index in [2.05, 4.69) is 41.1 Å². The Bertz CT molecular complexity index is 907. The number of nitrogens with one attached hydrogen (secondary N) is 1. The molecule has 0 unspecified atom stereocenters. The standard InChI is InChI=1S/C20H18ClN3O/c1-14-6-7-15(2)24(14)19-10-8-17(9-11-19)20(25)23-22-13-16-4-3-5-18(21)12-16/h3-13H,1-2H3,(H,23,25)/b22-13+. The third-order valence-corrected chi connectivity index (χ3v) is 4.12. The van der Waals surface area contributed by atoms with Crippen LogP contribution in [0.1, 0.15) is 27.3 Å². The number of hydrogen-bond acceptors (Lipinski definition) is 2. The first-order valence-electron chi connectivity index (χ1n) is 7.89. The molecule has 1 aromatic heterocycles. The largest absolute Gasteiger partial charge is 0.319 e. The predicted molar refractivity (Wildman–Crippen MR) is 102 cm³/mol. The predicted octanol–water partition coefficient (Wildman–Crippen LogP) is 4.51. The van der Waals surface area contributed by atoms with Crippen molar-refractivity contribution in [2.24, 2.45) is 5.10 Å². The molecule has 0 aliphatic rings. The van der Waals surface area contributed by atoms with Gasteiger partial charge in [-0.25, -0.2) is 5.43 Å². The number of hydrogen-bond donors (Lipinski definition) is 1. The van der Waals surface area contributed by atoms with Gasteiger partial charge in [0.05, 0.1) is 6.21 Å². The SMILES string of the molecule is Cc1ccc(C)n1-c1ccc(C(=O)N/N=C/c2cccc(Cl)c2)cc1. The van der Waals surface area contributed by atoms with Gasteiger partial charge in [0.1, 0.15) is 0 Å². The van der Waals surface area contributed by atoms with Crippen molar-refractivity contribution in [2.45, 2.75) is 13.8 Å². The molecule has 4 nitrogen and oxygen atoms in total. The normalized spacial score (nSPS) is 11.0. The maximum absolute atomic E-state index is 12.2. The topological polar surface area (TPSA) is 46.4 Å². The molecule has 1 heterocycles. The van der Waals surface area contributed by atoms with E-state index in [4.69, 9.17) is 11.6 Å². The fourth-order valence-corrected chi connectivity index (χ4v) is 2.85. The average Bonchev–Trinajstić information content (AvgIpc) is 2.94. The van der Waals surface area contributed by atoms with Gasteiger partial charge in [0, 0.05) is 27.7 Å². The average molecular weight is 352 g/mol. The minimum absolute atomic E-state index is 0.259. The molecule has 1 N–H and O–H groups in total. The summed E-state index contributed by atoms with van der Waals surface area (Å²) in [5.74, 6) is -0.259. The lowest BCUT2D eigenvalue weighted by atomic mass is 10.2. The molecule has 3 rings (SSSR count). The number of benzene rings is 2. The second-order valence-corrected chi connectivity index (χ2v) is 6.19. The summed E-state index contributed by atoms with van der Waals surface area (Å²) in [6.45, 7) is 4.11. The Balaban J connectivity index is 1.69. The summed E-state index contributed by atoms with van der Waals surface area (Å²) < 4.78 is 2.14. The summed E-state index contributed by atoms with van der Waals surface area (Å²) in [5.41, 5.74) is 7.23. The highest BCUT2D eigenvalue weighted by molar-refractivity contribution is 6.30. The smallest absolute Gasteiger partial charge is 0.271 e. The zero-order valence-corrected chi connectivity index (χ0v) is 14.8. The van der Waals surface area contributed by atoms with Gasteiger partial charge in [-0.05, 0) is 67.9 Å². The quantitative estimate of drug-likeness (QED) is 0.545. The number of carbonyl (C=O) groups excluding carboxylic acids is 1. The maximum Gasteiger partial charge on any atom is 0.271 e. The summed E-state index contributed by atoms with van der Waals surface area (Å²) >= 11 is 5.91. The van der Waals surface area contributed by atoms with Gasteiger partial charge in [0.15, 0.2) is 0 Å². The van der Waals surface area contributed by atoms with Crippen molar-refractivity contribution in [3.05, 3.63) is 88.2 Å². The number of nitrogens with zero attached hydrogens (tertiary/aromatic N) is 2. The highest BCUT2D eigenvalue weighted by Crippen LogP contribution is 2.17. The van der Waals surface area contributed by atoms with E-state index in [0.717, 1.165) is 22.6 Å². The molecule has 2 aromatic carbocycles.